The van der Waals surface area contributed by atoms with Gasteiger partial charge in [-0.15, -0.1) is 0 Å². The number of aliphatic hydroxyl groups excluding tert-OH is 1. The van der Waals surface area contributed by atoms with Crippen molar-refractivity contribution in [2.24, 2.45) is 0 Å². The Morgan fingerprint density at radius 3 is 2.89 bits per heavy atom. The first-order valence-corrected chi connectivity index (χ1v) is 10.0. The summed E-state index contributed by atoms with van der Waals surface area (Å²) in [5.74, 6) is 2.28. The molecule has 146 valence electrons. The molecule has 1 N–H and O–H groups in total. The van der Waals surface area contributed by atoms with E-state index in [9.17, 15) is 9.90 Å². The molecule has 7 heteroatoms. The minimum atomic E-state index is -0.0896. The van der Waals surface area contributed by atoms with Gasteiger partial charge in [0.15, 0.2) is 0 Å². The van der Waals surface area contributed by atoms with E-state index in [0.717, 1.165) is 36.7 Å². The summed E-state index contributed by atoms with van der Waals surface area (Å²) in [6, 6.07) is 9.52. The fourth-order valence-corrected chi connectivity index (χ4v) is 4.23. The Balaban J connectivity index is 1.50. The summed E-state index contributed by atoms with van der Waals surface area (Å²) in [6.07, 6.45) is 4.36. The summed E-state index contributed by atoms with van der Waals surface area (Å²) in [4.78, 5) is 20.2. The average Bonchev–Trinajstić information content (AvgIpc) is 3.28. The highest BCUT2D eigenvalue weighted by atomic mass is 16.5. The standard InChI is InChI=1S/C21H24N4O3/c26-11-10-25-20(22-17-5-2-1-4-16(17)21(25)27)18-6-3-9-24(18)13-15-12-19(28-23-15)14-7-8-14/h1-2,4-5,12,14,18,26H,3,6-11,13H2. The normalized spacial score (nSPS) is 20.2. The van der Waals surface area contributed by atoms with E-state index < -0.39 is 0 Å². The highest BCUT2D eigenvalue weighted by Crippen LogP contribution is 2.40. The number of nitrogens with zero attached hydrogens (tertiary/aromatic N) is 4. The molecule has 3 aromatic rings. The average molecular weight is 380 g/mol. The van der Waals surface area contributed by atoms with E-state index in [4.69, 9.17) is 9.51 Å². The number of aliphatic hydroxyl groups is 1. The Labute approximate surface area is 162 Å². The van der Waals surface area contributed by atoms with Crippen LogP contribution in [0.5, 0.6) is 0 Å². The zero-order valence-electron chi connectivity index (χ0n) is 15.8. The summed E-state index contributed by atoms with van der Waals surface area (Å²) in [5.41, 5.74) is 1.56. The van der Waals surface area contributed by atoms with Gasteiger partial charge in [0.2, 0.25) is 0 Å². The zero-order valence-corrected chi connectivity index (χ0v) is 15.8. The highest BCUT2D eigenvalue weighted by molar-refractivity contribution is 5.77. The highest BCUT2D eigenvalue weighted by Gasteiger charge is 2.32. The van der Waals surface area contributed by atoms with Crippen LogP contribution in [0.1, 0.15) is 54.9 Å². The second-order valence-electron chi connectivity index (χ2n) is 7.79. The van der Waals surface area contributed by atoms with E-state index in [1.54, 1.807) is 10.6 Å². The van der Waals surface area contributed by atoms with Gasteiger partial charge in [0.05, 0.1) is 35.8 Å². The van der Waals surface area contributed by atoms with Crippen LogP contribution in [0.4, 0.5) is 0 Å². The van der Waals surface area contributed by atoms with Gasteiger partial charge in [-0.05, 0) is 44.4 Å². The minimum absolute atomic E-state index is 0.0323. The van der Waals surface area contributed by atoms with Crippen molar-refractivity contribution in [3.05, 3.63) is 58.0 Å². The topological polar surface area (TPSA) is 84.4 Å². The van der Waals surface area contributed by atoms with Gasteiger partial charge in [0, 0.05) is 18.5 Å². The van der Waals surface area contributed by atoms with Crippen molar-refractivity contribution in [3.8, 4) is 0 Å². The molecule has 1 atom stereocenters. The molecular weight excluding hydrogens is 356 g/mol. The van der Waals surface area contributed by atoms with E-state index >= 15 is 0 Å². The summed E-state index contributed by atoms with van der Waals surface area (Å²) >= 11 is 0. The second kappa shape index (κ2) is 7.14. The first-order chi connectivity index (χ1) is 13.7. The molecule has 0 amide bonds. The van der Waals surface area contributed by atoms with Crippen molar-refractivity contribution in [2.45, 2.75) is 50.7 Å². The van der Waals surface area contributed by atoms with E-state index in [1.807, 2.05) is 18.2 Å². The maximum absolute atomic E-state index is 13.0. The number of benzene rings is 1. The summed E-state index contributed by atoms with van der Waals surface area (Å²) in [6.45, 7) is 1.78. The summed E-state index contributed by atoms with van der Waals surface area (Å²) in [5, 5.41) is 14.4. The van der Waals surface area contributed by atoms with Gasteiger partial charge >= 0.3 is 0 Å². The van der Waals surface area contributed by atoms with Gasteiger partial charge < -0.3 is 9.63 Å². The lowest BCUT2D eigenvalue weighted by Gasteiger charge is -2.25. The number of hydrogen-bond donors (Lipinski definition) is 1. The molecule has 2 fully saturated rings. The number of likely N-dealkylation sites (tertiary alicyclic amines) is 1. The van der Waals surface area contributed by atoms with Crippen LogP contribution in [0.25, 0.3) is 10.9 Å². The lowest BCUT2D eigenvalue weighted by molar-refractivity contribution is 0.217. The Morgan fingerprint density at radius 1 is 1.21 bits per heavy atom. The van der Waals surface area contributed by atoms with E-state index in [0.29, 0.717) is 23.4 Å². The number of aromatic nitrogens is 3. The Bertz CT molecular complexity index is 1050. The molecule has 3 heterocycles. The van der Waals surface area contributed by atoms with Crippen LogP contribution in [0.2, 0.25) is 0 Å². The van der Waals surface area contributed by atoms with E-state index in [-0.39, 0.29) is 24.8 Å². The van der Waals surface area contributed by atoms with Gasteiger partial charge in [-0.3, -0.25) is 14.3 Å². The third-order valence-corrected chi connectivity index (χ3v) is 5.80. The Hall–Kier alpha value is -2.51. The molecule has 1 unspecified atom stereocenters. The van der Waals surface area contributed by atoms with Crippen LogP contribution in [0.15, 0.2) is 39.6 Å². The fraction of sp³-hybridized carbons (Fsp3) is 0.476. The molecule has 0 spiro atoms. The third-order valence-electron chi connectivity index (χ3n) is 5.80. The first-order valence-electron chi connectivity index (χ1n) is 10.0. The van der Waals surface area contributed by atoms with Gasteiger partial charge in [-0.2, -0.15) is 0 Å². The largest absolute Gasteiger partial charge is 0.395 e. The molecule has 0 bridgehead atoms. The van der Waals surface area contributed by atoms with E-state index in [1.165, 1.54) is 12.8 Å². The van der Waals surface area contributed by atoms with Crippen molar-refractivity contribution >= 4 is 10.9 Å². The number of para-hydroxylation sites is 1. The molecule has 28 heavy (non-hydrogen) atoms. The van der Waals surface area contributed by atoms with Crippen LogP contribution < -0.4 is 5.56 Å². The van der Waals surface area contributed by atoms with Gasteiger partial charge in [-0.1, -0.05) is 17.3 Å². The smallest absolute Gasteiger partial charge is 0.261 e. The molecule has 1 saturated carbocycles. The molecular formula is C21H24N4O3. The molecule has 5 rings (SSSR count). The van der Waals surface area contributed by atoms with Crippen molar-refractivity contribution in [1.29, 1.82) is 0 Å². The van der Waals surface area contributed by atoms with Crippen LogP contribution in [0, 0.1) is 0 Å². The molecule has 1 aromatic carbocycles. The molecule has 1 aliphatic carbocycles. The van der Waals surface area contributed by atoms with Crippen molar-refractivity contribution < 1.29 is 9.63 Å². The number of fused-ring (bicyclic) bond motifs is 1. The molecule has 1 saturated heterocycles. The number of hydrogen-bond acceptors (Lipinski definition) is 6. The monoisotopic (exact) mass is 380 g/mol. The van der Waals surface area contributed by atoms with Gasteiger partial charge in [0.25, 0.3) is 5.56 Å². The molecule has 7 nitrogen and oxygen atoms in total. The quantitative estimate of drug-likeness (QED) is 0.708. The fourth-order valence-electron chi connectivity index (χ4n) is 4.23. The second-order valence-corrected chi connectivity index (χ2v) is 7.79. The van der Waals surface area contributed by atoms with Crippen LogP contribution in [0.3, 0.4) is 0 Å². The maximum Gasteiger partial charge on any atom is 0.261 e. The predicted octanol–water partition coefficient (Wildman–Crippen LogP) is 2.59. The van der Waals surface area contributed by atoms with Gasteiger partial charge in [0.1, 0.15) is 11.6 Å². The van der Waals surface area contributed by atoms with Crippen LogP contribution >= 0.6 is 0 Å². The molecule has 2 aliphatic rings. The van der Waals surface area contributed by atoms with Crippen LogP contribution in [-0.2, 0) is 13.1 Å². The summed E-state index contributed by atoms with van der Waals surface area (Å²) in [7, 11) is 0. The van der Waals surface area contributed by atoms with Crippen molar-refractivity contribution in [3.63, 3.8) is 0 Å². The molecule has 0 radical (unpaired) electrons. The minimum Gasteiger partial charge on any atom is -0.395 e. The van der Waals surface area contributed by atoms with Crippen molar-refractivity contribution in [2.75, 3.05) is 13.2 Å². The first kappa shape index (κ1) is 17.6. The Morgan fingerprint density at radius 2 is 2.07 bits per heavy atom. The zero-order chi connectivity index (χ0) is 19.1. The third kappa shape index (κ3) is 3.14. The molecule has 2 aromatic heterocycles. The number of rotatable bonds is 6. The van der Waals surface area contributed by atoms with Crippen molar-refractivity contribution in [1.82, 2.24) is 19.6 Å². The lowest BCUT2D eigenvalue weighted by Crippen LogP contribution is -2.33. The van der Waals surface area contributed by atoms with E-state index in [2.05, 4.69) is 16.1 Å². The maximum atomic E-state index is 13.0. The van der Waals surface area contributed by atoms with Gasteiger partial charge in [-0.25, -0.2) is 4.98 Å². The van der Waals surface area contributed by atoms with Crippen LogP contribution in [-0.4, -0.2) is 37.9 Å². The summed E-state index contributed by atoms with van der Waals surface area (Å²) < 4.78 is 7.14. The Kier molecular flexibility index (Phi) is 4.49. The molecule has 1 aliphatic heterocycles. The lowest BCUT2D eigenvalue weighted by atomic mass is 10.1. The predicted molar refractivity (Wildman–Crippen MR) is 104 cm³/mol. The SMILES string of the molecule is O=c1c2ccccc2nc(C2CCCN2Cc2cc(C3CC3)on2)n1CCO.